The van der Waals surface area contributed by atoms with E-state index < -0.39 is 12.2 Å². The van der Waals surface area contributed by atoms with E-state index in [9.17, 15) is 13.2 Å². The van der Waals surface area contributed by atoms with E-state index in [1.165, 1.54) is 12.1 Å². The first kappa shape index (κ1) is 16.3. The first-order valence-corrected chi connectivity index (χ1v) is 7.47. The van der Waals surface area contributed by atoms with Crippen LogP contribution in [0.5, 0.6) is 0 Å². The molecule has 1 aliphatic heterocycles. The van der Waals surface area contributed by atoms with Crippen molar-refractivity contribution < 1.29 is 13.2 Å². The maximum Gasteiger partial charge on any atom is 0.407 e. The fourth-order valence-corrected chi connectivity index (χ4v) is 2.85. The van der Waals surface area contributed by atoms with Crippen LogP contribution in [0.3, 0.4) is 0 Å². The van der Waals surface area contributed by atoms with Gasteiger partial charge in [-0.15, -0.1) is 0 Å². The predicted octanol–water partition coefficient (Wildman–Crippen LogP) is 3.61. The molecule has 0 saturated carbocycles. The molecule has 1 fully saturated rings. The fourth-order valence-electron chi connectivity index (χ4n) is 2.85. The van der Waals surface area contributed by atoms with Crippen molar-refractivity contribution in [3.8, 4) is 0 Å². The number of nitrogens with zero attached hydrogens (tertiary/aromatic N) is 1. The molecule has 1 saturated heterocycles. The van der Waals surface area contributed by atoms with Gasteiger partial charge in [0.05, 0.1) is 0 Å². The standard InChI is InChI=1S/C16H23F3N2/c1-12(2)21-9-8-13(11-21)10-20-15(16(17,18)19)14-6-4-3-5-7-14/h3-7,12-13,15,20H,8-11H2,1-2H3. The van der Waals surface area contributed by atoms with Crippen LogP contribution in [0.2, 0.25) is 0 Å². The van der Waals surface area contributed by atoms with E-state index in [-0.39, 0.29) is 5.56 Å². The molecular formula is C16H23F3N2. The number of alkyl halides is 3. The molecule has 118 valence electrons. The number of hydrogen-bond donors (Lipinski definition) is 1. The van der Waals surface area contributed by atoms with Gasteiger partial charge in [-0.3, -0.25) is 0 Å². The Morgan fingerprint density at radius 2 is 1.90 bits per heavy atom. The molecular weight excluding hydrogens is 277 g/mol. The van der Waals surface area contributed by atoms with Crippen LogP contribution in [0, 0.1) is 5.92 Å². The van der Waals surface area contributed by atoms with Crippen LogP contribution in [0.25, 0.3) is 0 Å². The lowest BCUT2D eigenvalue weighted by Gasteiger charge is -2.24. The number of halogens is 3. The molecule has 0 aromatic heterocycles. The van der Waals surface area contributed by atoms with Crippen LogP contribution in [0.4, 0.5) is 13.2 Å². The van der Waals surface area contributed by atoms with Crippen LogP contribution >= 0.6 is 0 Å². The van der Waals surface area contributed by atoms with Gasteiger partial charge in [0, 0.05) is 19.1 Å². The summed E-state index contributed by atoms with van der Waals surface area (Å²) >= 11 is 0. The molecule has 1 aromatic rings. The Hall–Kier alpha value is -1.07. The molecule has 1 aromatic carbocycles. The van der Waals surface area contributed by atoms with Gasteiger partial charge in [-0.05, 0) is 38.3 Å². The summed E-state index contributed by atoms with van der Waals surface area (Å²) in [4.78, 5) is 2.32. The topological polar surface area (TPSA) is 15.3 Å². The highest BCUT2D eigenvalue weighted by Crippen LogP contribution is 2.33. The van der Waals surface area contributed by atoms with Gasteiger partial charge in [-0.1, -0.05) is 30.3 Å². The zero-order valence-electron chi connectivity index (χ0n) is 12.5. The Bertz CT molecular complexity index is 431. The highest BCUT2D eigenvalue weighted by Gasteiger charge is 2.41. The normalized spacial score (nSPS) is 21.9. The van der Waals surface area contributed by atoms with Gasteiger partial charge in [-0.25, -0.2) is 0 Å². The smallest absolute Gasteiger partial charge is 0.302 e. The zero-order chi connectivity index (χ0) is 15.5. The number of likely N-dealkylation sites (tertiary alicyclic amines) is 1. The van der Waals surface area contributed by atoms with Crippen LogP contribution in [-0.2, 0) is 0 Å². The minimum absolute atomic E-state index is 0.281. The molecule has 2 rings (SSSR count). The summed E-state index contributed by atoms with van der Waals surface area (Å²) in [6.45, 7) is 6.51. The number of rotatable bonds is 5. The lowest BCUT2D eigenvalue weighted by molar-refractivity contribution is -0.158. The highest BCUT2D eigenvalue weighted by atomic mass is 19.4. The van der Waals surface area contributed by atoms with E-state index in [0.717, 1.165) is 19.5 Å². The van der Waals surface area contributed by atoms with E-state index in [0.29, 0.717) is 18.5 Å². The van der Waals surface area contributed by atoms with E-state index >= 15 is 0 Å². The van der Waals surface area contributed by atoms with Gasteiger partial charge in [0.1, 0.15) is 6.04 Å². The summed E-state index contributed by atoms with van der Waals surface area (Å²) < 4.78 is 39.6. The maximum absolute atomic E-state index is 13.2. The molecule has 2 atom stereocenters. The first-order valence-electron chi connectivity index (χ1n) is 7.47. The van der Waals surface area contributed by atoms with Crippen LogP contribution in [-0.4, -0.2) is 36.8 Å². The fraction of sp³-hybridized carbons (Fsp3) is 0.625. The van der Waals surface area contributed by atoms with Gasteiger partial charge in [0.15, 0.2) is 0 Å². The summed E-state index contributed by atoms with van der Waals surface area (Å²) in [6.07, 6.45) is -3.30. The van der Waals surface area contributed by atoms with Gasteiger partial charge in [-0.2, -0.15) is 13.2 Å². The molecule has 21 heavy (non-hydrogen) atoms. The SMILES string of the molecule is CC(C)N1CCC(CNC(c2ccccc2)C(F)(F)F)C1. The third-order valence-electron chi connectivity index (χ3n) is 4.12. The van der Waals surface area contributed by atoms with Gasteiger partial charge >= 0.3 is 6.18 Å². The van der Waals surface area contributed by atoms with Crippen molar-refractivity contribution in [1.29, 1.82) is 0 Å². The minimum atomic E-state index is -4.27. The summed E-state index contributed by atoms with van der Waals surface area (Å²) in [5.41, 5.74) is 0.281. The summed E-state index contributed by atoms with van der Waals surface area (Å²) in [5, 5.41) is 2.73. The third kappa shape index (κ3) is 4.45. The predicted molar refractivity (Wildman–Crippen MR) is 78.1 cm³/mol. The van der Waals surface area contributed by atoms with Crippen LogP contribution < -0.4 is 5.32 Å². The van der Waals surface area contributed by atoms with Crippen molar-refractivity contribution in [3.63, 3.8) is 0 Å². The Balaban J connectivity index is 1.95. The molecule has 1 heterocycles. The molecule has 0 radical (unpaired) electrons. The van der Waals surface area contributed by atoms with Gasteiger partial charge in [0.2, 0.25) is 0 Å². The maximum atomic E-state index is 13.2. The quantitative estimate of drug-likeness (QED) is 0.893. The van der Waals surface area contributed by atoms with Crippen molar-refractivity contribution in [2.24, 2.45) is 5.92 Å². The Labute approximate surface area is 124 Å². The van der Waals surface area contributed by atoms with E-state index in [2.05, 4.69) is 24.1 Å². The molecule has 5 heteroatoms. The molecule has 0 aliphatic carbocycles. The van der Waals surface area contributed by atoms with E-state index in [1.807, 2.05) is 0 Å². The van der Waals surface area contributed by atoms with E-state index in [1.54, 1.807) is 18.2 Å². The molecule has 0 spiro atoms. The van der Waals surface area contributed by atoms with Crippen molar-refractivity contribution in [2.45, 2.75) is 38.5 Å². The number of nitrogens with one attached hydrogen (secondary N) is 1. The molecule has 0 bridgehead atoms. The van der Waals surface area contributed by atoms with Gasteiger partial charge in [0.25, 0.3) is 0 Å². The molecule has 2 nitrogen and oxygen atoms in total. The first-order chi connectivity index (χ1) is 9.88. The summed E-state index contributed by atoms with van der Waals surface area (Å²) in [6, 6.07) is 6.96. The lowest BCUT2D eigenvalue weighted by atomic mass is 10.0. The molecule has 0 amide bonds. The minimum Gasteiger partial charge on any atom is -0.302 e. The summed E-state index contributed by atoms with van der Waals surface area (Å²) in [7, 11) is 0. The average Bonchev–Trinajstić information content (AvgIpc) is 2.88. The molecule has 1 aliphatic rings. The molecule has 2 unspecified atom stereocenters. The second kappa shape index (κ2) is 6.79. The second-order valence-corrected chi connectivity index (χ2v) is 6.04. The Morgan fingerprint density at radius 1 is 1.24 bits per heavy atom. The lowest BCUT2D eigenvalue weighted by Crippen LogP contribution is -2.38. The average molecular weight is 300 g/mol. The molecule has 1 N–H and O–H groups in total. The van der Waals surface area contributed by atoms with E-state index in [4.69, 9.17) is 0 Å². The van der Waals surface area contributed by atoms with Crippen molar-refractivity contribution in [1.82, 2.24) is 10.2 Å². The highest BCUT2D eigenvalue weighted by molar-refractivity contribution is 5.20. The van der Waals surface area contributed by atoms with Crippen molar-refractivity contribution in [3.05, 3.63) is 35.9 Å². The monoisotopic (exact) mass is 300 g/mol. The van der Waals surface area contributed by atoms with Crippen molar-refractivity contribution >= 4 is 0 Å². The van der Waals surface area contributed by atoms with Crippen molar-refractivity contribution in [2.75, 3.05) is 19.6 Å². The Kier molecular flexibility index (Phi) is 5.27. The largest absolute Gasteiger partial charge is 0.407 e. The third-order valence-corrected chi connectivity index (χ3v) is 4.12. The zero-order valence-corrected chi connectivity index (χ0v) is 12.5. The summed E-state index contributed by atoms with van der Waals surface area (Å²) in [5.74, 6) is 0.293. The number of hydrogen-bond acceptors (Lipinski definition) is 2. The van der Waals surface area contributed by atoms with Crippen LogP contribution in [0.15, 0.2) is 30.3 Å². The van der Waals surface area contributed by atoms with Crippen LogP contribution in [0.1, 0.15) is 31.9 Å². The van der Waals surface area contributed by atoms with Gasteiger partial charge < -0.3 is 10.2 Å². The Morgan fingerprint density at radius 3 is 2.43 bits per heavy atom. The second-order valence-electron chi connectivity index (χ2n) is 6.04. The number of benzene rings is 1.